The predicted molar refractivity (Wildman–Crippen MR) is 128 cm³/mol. The van der Waals surface area contributed by atoms with Crippen molar-refractivity contribution in [3.05, 3.63) is 85.0 Å². The first-order chi connectivity index (χ1) is 17.2. The van der Waals surface area contributed by atoms with Gasteiger partial charge in [0.25, 0.3) is 5.91 Å². The lowest BCUT2D eigenvalue weighted by Crippen LogP contribution is -2.39. The van der Waals surface area contributed by atoms with E-state index in [9.17, 15) is 4.79 Å². The summed E-state index contributed by atoms with van der Waals surface area (Å²) in [5, 5.41) is 0. The number of benzene rings is 1. The van der Waals surface area contributed by atoms with Crippen molar-refractivity contribution in [3.8, 4) is 28.6 Å². The molecule has 4 heterocycles. The average molecular weight is 469 g/mol. The van der Waals surface area contributed by atoms with Gasteiger partial charge in [-0.25, -0.2) is 19.9 Å². The second-order valence-corrected chi connectivity index (χ2v) is 8.15. The van der Waals surface area contributed by atoms with Gasteiger partial charge in [0, 0.05) is 49.4 Å². The molecule has 0 spiro atoms. The molecule has 4 aromatic rings. The molecule has 1 unspecified atom stereocenters. The van der Waals surface area contributed by atoms with Crippen molar-refractivity contribution < 1.29 is 14.3 Å². The maximum absolute atomic E-state index is 13.3. The van der Waals surface area contributed by atoms with Gasteiger partial charge in [-0.3, -0.25) is 9.78 Å². The largest absolute Gasteiger partial charge is 0.497 e. The number of amides is 1. The second-order valence-electron chi connectivity index (χ2n) is 8.15. The number of nitrogens with zero attached hydrogens (tertiary/aromatic N) is 6. The first kappa shape index (κ1) is 22.4. The number of rotatable bonds is 6. The van der Waals surface area contributed by atoms with E-state index in [2.05, 4.69) is 24.9 Å². The van der Waals surface area contributed by atoms with Crippen molar-refractivity contribution in [2.45, 2.75) is 18.8 Å². The summed E-state index contributed by atoms with van der Waals surface area (Å²) in [4.78, 5) is 36.8. The van der Waals surface area contributed by atoms with Crippen LogP contribution in [0.2, 0.25) is 0 Å². The molecule has 5 rings (SSSR count). The zero-order chi connectivity index (χ0) is 24.0. The molecule has 35 heavy (non-hydrogen) atoms. The predicted octanol–water partition coefficient (Wildman–Crippen LogP) is 4.15. The SMILES string of the molecule is COc1ccc(Oc2nccnc2C2CCCN(C(=O)c3cccc(-c4cncnc4)n3)C2)cc1. The van der Waals surface area contributed by atoms with E-state index in [0.29, 0.717) is 36.1 Å². The van der Waals surface area contributed by atoms with E-state index in [1.54, 1.807) is 38.0 Å². The molecule has 0 saturated carbocycles. The molecule has 0 N–H and O–H groups in total. The Morgan fingerprint density at radius 1 is 1.00 bits per heavy atom. The lowest BCUT2D eigenvalue weighted by atomic mass is 9.94. The molecule has 0 radical (unpaired) electrons. The summed E-state index contributed by atoms with van der Waals surface area (Å²) < 4.78 is 11.3. The van der Waals surface area contributed by atoms with Crippen LogP contribution in [-0.2, 0) is 0 Å². The summed E-state index contributed by atoms with van der Waals surface area (Å²) >= 11 is 0. The number of ether oxygens (including phenoxy) is 2. The number of pyridine rings is 1. The Morgan fingerprint density at radius 3 is 2.57 bits per heavy atom. The second kappa shape index (κ2) is 10.3. The molecule has 1 atom stereocenters. The molecule has 0 bridgehead atoms. The van der Waals surface area contributed by atoms with Gasteiger partial charge < -0.3 is 14.4 Å². The highest BCUT2D eigenvalue weighted by atomic mass is 16.5. The molecule has 9 heteroatoms. The van der Waals surface area contributed by atoms with E-state index in [0.717, 1.165) is 29.8 Å². The number of hydrogen-bond donors (Lipinski definition) is 0. The lowest BCUT2D eigenvalue weighted by molar-refractivity contribution is 0.0699. The molecule has 1 aromatic carbocycles. The Hall–Kier alpha value is -4.40. The Labute approximate surface area is 202 Å². The van der Waals surface area contributed by atoms with E-state index in [1.807, 2.05) is 41.3 Å². The third kappa shape index (κ3) is 5.08. The van der Waals surface area contributed by atoms with E-state index in [-0.39, 0.29) is 11.8 Å². The quantitative estimate of drug-likeness (QED) is 0.416. The average Bonchev–Trinajstić information content (AvgIpc) is 2.94. The van der Waals surface area contributed by atoms with Crippen LogP contribution in [0.4, 0.5) is 0 Å². The van der Waals surface area contributed by atoms with Gasteiger partial charge in [-0.1, -0.05) is 6.07 Å². The van der Waals surface area contributed by atoms with Crippen LogP contribution in [0.1, 0.15) is 34.9 Å². The molecule has 1 aliphatic heterocycles. The van der Waals surface area contributed by atoms with Crippen LogP contribution in [0.15, 0.2) is 73.6 Å². The van der Waals surface area contributed by atoms with Crippen LogP contribution < -0.4 is 9.47 Å². The summed E-state index contributed by atoms with van der Waals surface area (Å²) in [6, 6.07) is 12.7. The number of carbonyl (C=O) groups is 1. The van der Waals surface area contributed by atoms with Gasteiger partial charge in [0.1, 0.15) is 29.2 Å². The summed E-state index contributed by atoms with van der Waals surface area (Å²) in [5.74, 6) is 1.72. The van der Waals surface area contributed by atoms with Crippen LogP contribution >= 0.6 is 0 Å². The van der Waals surface area contributed by atoms with Crippen LogP contribution in [-0.4, -0.2) is 55.9 Å². The molecular formula is C26H24N6O3. The van der Waals surface area contributed by atoms with Crippen molar-refractivity contribution in [3.63, 3.8) is 0 Å². The zero-order valence-electron chi connectivity index (χ0n) is 19.2. The summed E-state index contributed by atoms with van der Waals surface area (Å²) in [6.07, 6.45) is 9.82. The van der Waals surface area contributed by atoms with Gasteiger partial charge in [-0.2, -0.15) is 0 Å². The van der Waals surface area contributed by atoms with Crippen LogP contribution in [0, 0.1) is 0 Å². The normalized spacial score (nSPS) is 15.5. The Balaban J connectivity index is 1.34. The van der Waals surface area contributed by atoms with E-state index in [4.69, 9.17) is 9.47 Å². The van der Waals surface area contributed by atoms with Gasteiger partial charge in [0.15, 0.2) is 0 Å². The van der Waals surface area contributed by atoms with Gasteiger partial charge >= 0.3 is 0 Å². The summed E-state index contributed by atoms with van der Waals surface area (Å²) in [5.41, 5.74) is 2.55. The minimum absolute atomic E-state index is 0.000328. The fraction of sp³-hybridized carbons (Fsp3) is 0.231. The van der Waals surface area contributed by atoms with Gasteiger partial charge in [-0.15, -0.1) is 0 Å². The number of piperidine rings is 1. The molecule has 3 aromatic heterocycles. The highest BCUT2D eigenvalue weighted by Crippen LogP contribution is 2.33. The third-order valence-electron chi connectivity index (χ3n) is 5.89. The number of carbonyl (C=O) groups excluding carboxylic acids is 1. The topological polar surface area (TPSA) is 103 Å². The zero-order valence-corrected chi connectivity index (χ0v) is 19.2. The van der Waals surface area contributed by atoms with Crippen LogP contribution in [0.5, 0.6) is 17.4 Å². The van der Waals surface area contributed by atoms with Gasteiger partial charge in [-0.05, 0) is 49.2 Å². The highest BCUT2D eigenvalue weighted by molar-refractivity contribution is 5.93. The molecule has 0 aliphatic carbocycles. The maximum atomic E-state index is 13.3. The minimum atomic E-state index is -0.116. The molecular weight excluding hydrogens is 444 g/mol. The van der Waals surface area contributed by atoms with Crippen LogP contribution in [0.25, 0.3) is 11.3 Å². The number of aromatic nitrogens is 5. The van der Waals surface area contributed by atoms with Crippen molar-refractivity contribution in [1.29, 1.82) is 0 Å². The van der Waals surface area contributed by atoms with E-state index >= 15 is 0 Å². The molecule has 1 aliphatic rings. The summed E-state index contributed by atoms with van der Waals surface area (Å²) in [7, 11) is 1.62. The van der Waals surface area contributed by atoms with Crippen molar-refractivity contribution in [1.82, 2.24) is 29.8 Å². The highest BCUT2D eigenvalue weighted by Gasteiger charge is 2.29. The third-order valence-corrected chi connectivity index (χ3v) is 5.89. The first-order valence-corrected chi connectivity index (χ1v) is 11.4. The molecule has 1 saturated heterocycles. The fourth-order valence-electron chi connectivity index (χ4n) is 4.14. The summed E-state index contributed by atoms with van der Waals surface area (Å²) in [6.45, 7) is 1.17. The standard InChI is InChI=1S/C26H24N6O3/c1-34-20-7-9-21(10-8-20)35-25-24(29-11-12-30-25)18-4-3-13-32(16-18)26(33)23-6-2-5-22(31-23)19-14-27-17-28-15-19/h2,5-12,14-15,17-18H,3-4,13,16H2,1H3. The van der Waals surface area contributed by atoms with Crippen molar-refractivity contribution in [2.75, 3.05) is 20.2 Å². The first-order valence-electron chi connectivity index (χ1n) is 11.4. The lowest BCUT2D eigenvalue weighted by Gasteiger charge is -2.32. The van der Waals surface area contributed by atoms with E-state index < -0.39 is 0 Å². The molecule has 1 amide bonds. The maximum Gasteiger partial charge on any atom is 0.272 e. The van der Waals surface area contributed by atoms with Crippen LogP contribution in [0.3, 0.4) is 0 Å². The van der Waals surface area contributed by atoms with Crippen molar-refractivity contribution >= 4 is 5.91 Å². The minimum Gasteiger partial charge on any atom is -0.497 e. The molecule has 9 nitrogen and oxygen atoms in total. The Bertz CT molecular complexity index is 1300. The van der Waals surface area contributed by atoms with Gasteiger partial charge in [0.05, 0.1) is 12.8 Å². The number of methoxy groups -OCH3 is 1. The number of likely N-dealkylation sites (tertiary alicyclic amines) is 1. The number of hydrogen-bond acceptors (Lipinski definition) is 8. The Kier molecular flexibility index (Phi) is 6.56. The van der Waals surface area contributed by atoms with Gasteiger partial charge in [0.2, 0.25) is 5.88 Å². The monoisotopic (exact) mass is 468 g/mol. The van der Waals surface area contributed by atoms with Crippen molar-refractivity contribution in [2.24, 2.45) is 0 Å². The fourth-order valence-corrected chi connectivity index (χ4v) is 4.14. The van der Waals surface area contributed by atoms with E-state index in [1.165, 1.54) is 6.33 Å². The molecule has 1 fully saturated rings. The Morgan fingerprint density at radius 2 is 1.77 bits per heavy atom. The molecule has 176 valence electrons. The smallest absolute Gasteiger partial charge is 0.272 e.